The predicted octanol–water partition coefficient (Wildman–Crippen LogP) is 2.49. The molecule has 0 radical (unpaired) electrons. The Morgan fingerprint density at radius 2 is 2.07 bits per heavy atom. The number of rotatable bonds is 4. The largest absolute Gasteiger partial charge is 0.392 e. The molecule has 0 aliphatic heterocycles. The third-order valence-corrected chi connectivity index (χ3v) is 2.45. The second-order valence-electron chi connectivity index (χ2n) is 3.39. The highest BCUT2D eigenvalue weighted by Crippen LogP contribution is 2.23. The van der Waals surface area contributed by atoms with E-state index in [1.165, 1.54) is 12.3 Å². The quantitative estimate of drug-likeness (QED) is 0.804. The second kappa shape index (κ2) is 5.05. The molecule has 0 bridgehead atoms. The first-order valence-corrected chi connectivity index (χ1v) is 4.98. The van der Waals surface area contributed by atoms with Crippen molar-refractivity contribution < 1.29 is 9.50 Å². The van der Waals surface area contributed by atoms with Crippen molar-refractivity contribution in [3.05, 3.63) is 29.8 Å². The van der Waals surface area contributed by atoms with Crippen LogP contribution in [0.1, 0.15) is 38.3 Å². The van der Waals surface area contributed by atoms with E-state index in [4.69, 9.17) is 0 Å². The van der Waals surface area contributed by atoms with Crippen LogP contribution in [0.2, 0.25) is 0 Å². The van der Waals surface area contributed by atoms with Gasteiger partial charge in [-0.25, -0.2) is 4.39 Å². The smallest absolute Gasteiger partial charge is 0.141 e. The van der Waals surface area contributed by atoms with Crippen LogP contribution in [0, 0.1) is 5.82 Å². The number of halogens is 1. The lowest BCUT2D eigenvalue weighted by atomic mass is 9.93. The van der Waals surface area contributed by atoms with Gasteiger partial charge in [0, 0.05) is 11.6 Å². The highest BCUT2D eigenvalue weighted by atomic mass is 19.1. The minimum atomic E-state index is -0.391. The maximum Gasteiger partial charge on any atom is 0.141 e. The highest BCUT2D eigenvalue weighted by molar-refractivity contribution is 5.11. The van der Waals surface area contributed by atoms with Crippen LogP contribution in [0.25, 0.3) is 0 Å². The van der Waals surface area contributed by atoms with Crippen LogP contribution in [0.3, 0.4) is 0 Å². The second-order valence-corrected chi connectivity index (χ2v) is 3.39. The number of nitrogens with zero attached hydrogens (tertiary/aromatic N) is 1. The topological polar surface area (TPSA) is 33.1 Å². The maximum absolute atomic E-state index is 12.6. The molecule has 0 amide bonds. The van der Waals surface area contributed by atoms with E-state index in [0.29, 0.717) is 6.42 Å². The molecule has 2 atom stereocenters. The van der Waals surface area contributed by atoms with Gasteiger partial charge in [0.15, 0.2) is 0 Å². The Balaban J connectivity index is 2.84. The standard InChI is InChI=1S/C11H16FNO/c1-3-9(11(14)4-2)10-6-5-8(12)7-13-10/h5-7,9,11,14H,3-4H2,1-2H3. The Kier molecular flexibility index (Phi) is 4.01. The summed E-state index contributed by atoms with van der Waals surface area (Å²) in [7, 11) is 0. The third kappa shape index (κ3) is 2.51. The predicted molar refractivity (Wildman–Crippen MR) is 53.5 cm³/mol. The first-order chi connectivity index (χ1) is 6.69. The van der Waals surface area contributed by atoms with Gasteiger partial charge < -0.3 is 5.11 Å². The summed E-state index contributed by atoms with van der Waals surface area (Å²) in [5.74, 6) is -0.324. The summed E-state index contributed by atoms with van der Waals surface area (Å²) >= 11 is 0. The van der Waals surface area contributed by atoms with Gasteiger partial charge in [-0.2, -0.15) is 0 Å². The molecule has 0 saturated carbocycles. The van der Waals surface area contributed by atoms with E-state index in [-0.39, 0.29) is 11.7 Å². The summed E-state index contributed by atoms with van der Waals surface area (Å²) in [5.41, 5.74) is 0.767. The fourth-order valence-electron chi connectivity index (χ4n) is 1.57. The van der Waals surface area contributed by atoms with Gasteiger partial charge >= 0.3 is 0 Å². The number of aliphatic hydroxyl groups is 1. The molecule has 0 aromatic carbocycles. The van der Waals surface area contributed by atoms with Crippen molar-refractivity contribution >= 4 is 0 Å². The Morgan fingerprint density at radius 1 is 1.36 bits per heavy atom. The molecule has 1 N–H and O–H groups in total. The third-order valence-electron chi connectivity index (χ3n) is 2.45. The first kappa shape index (κ1) is 11.1. The van der Waals surface area contributed by atoms with Crippen LogP contribution < -0.4 is 0 Å². The van der Waals surface area contributed by atoms with Gasteiger partial charge in [-0.3, -0.25) is 4.98 Å². The summed E-state index contributed by atoms with van der Waals surface area (Å²) in [6.45, 7) is 3.92. The molecule has 0 aliphatic carbocycles. The molecule has 2 nitrogen and oxygen atoms in total. The normalized spacial score (nSPS) is 15.1. The average Bonchev–Trinajstić information content (AvgIpc) is 2.21. The van der Waals surface area contributed by atoms with Crippen molar-refractivity contribution in [2.75, 3.05) is 0 Å². The Labute approximate surface area is 83.8 Å². The molecular formula is C11H16FNO. The van der Waals surface area contributed by atoms with Gasteiger partial charge in [0.2, 0.25) is 0 Å². The van der Waals surface area contributed by atoms with Crippen LogP contribution in [0.4, 0.5) is 4.39 Å². The van der Waals surface area contributed by atoms with Crippen molar-refractivity contribution in [2.24, 2.45) is 0 Å². The maximum atomic E-state index is 12.6. The van der Waals surface area contributed by atoms with Crippen LogP contribution in [0.5, 0.6) is 0 Å². The van der Waals surface area contributed by atoms with Crippen molar-refractivity contribution in [3.63, 3.8) is 0 Å². The minimum Gasteiger partial charge on any atom is -0.392 e. The van der Waals surface area contributed by atoms with E-state index in [1.54, 1.807) is 6.07 Å². The van der Waals surface area contributed by atoms with Gasteiger partial charge in [-0.15, -0.1) is 0 Å². The number of aromatic nitrogens is 1. The summed E-state index contributed by atoms with van der Waals surface area (Å²) in [5, 5.41) is 9.71. The molecule has 0 saturated heterocycles. The Bertz CT molecular complexity index is 273. The van der Waals surface area contributed by atoms with E-state index in [2.05, 4.69) is 4.98 Å². The van der Waals surface area contributed by atoms with Crippen LogP contribution >= 0.6 is 0 Å². The molecule has 0 spiro atoms. The summed E-state index contributed by atoms with van der Waals surface area (Å²) < 4.78 is 12.6. The monoisotopic (exact) mass is 197 g/mol. The van der Waals surface area contributed by atoms with Crippen LogP contribution in [-0.4, -0.2) is 16.2 Å². The van der Waals surface area contributed by atoms with Gasteiger partial charge in [0.1, 0.15) is 5.82 Å². The van der Waals surface area contributed by atoms with E-state index >= 15 is 0 Å². The van der Waals surface area contributed by atoms with Gasteiger partial charge in [-0.1, -0.05) is 13.8 Å². The van der Waals surface area contributed by atoms with E-state index in [1.807, 2.05) is 13.8 Å². The van der Waals surface area contributed by atoms with Crippen molar-refractivity contribution in [1.29, 1.82) is 0 Å². The van der Waals surface area contributed by atoms with Gasteiger partial charge in [0.05, 0.1) is 12.3 Å². The fraction of sp³-hybridized carbons (Fsp3) is 0.545. The first-order valence-electron chi connectivity index (χ1n) is 4.98. The van der Waals surface area contributed by atoms with E-state index < -0.39 is 6.10 Å². The van der Waals surface area contributed by atoms with Gasteiger partial charge in [0.25, 0.3) is 0 Å². The Hall–Kier alpha value is -0.960. The molecule has 1 aromatic rings. The number of aliphatic hydroxyl groups excluding tert-OH is 1. The van der Waals surface area contributed by atoms with E-state index in [9.17, 15) is 9.50 Å². The lowest BCUT2D eigenvalue weighted by Crippen LogP contribution is -2.17. The number of hydrogen-bond donors (Lipinski definition) is 1. The molecule has 1 aromatic heterocycles. The van der Waals surface area contributed by atoms with Crippen LogP contribution in [0.15, 0.2) is 18.3 Å². The summed E-state index contributed by atoms with van der Waals surface area (Å²) in [6.07, 6.45) is 2.31. The molecule has 1 rings (SSSR count). The highest BCUT2D eigenvalue weighted by Gasteiger charge is 2.18. The zero-order chi connectivity index (χ0) is 10.6. The van der Waals surface area contributed by atoms with Crippen LogP contribution in [-0.2, 0) is 0 Å². The fourth-order valence-corrected chi connectivity index (χ4v) is 1.57. The molecule has 1 heterocycles. The zero-order valence-electron chi connectivity index (χ0n) is 8.57. The minimum absolute atomic E-state index is 0.0144. The lowest BCUT2D eigenvalue weighted by molar-refractivity contribution is 0.135. The van der Waals surface area contributed by atoms with Gasteiger partial charge in [-0.05, 0) is 25.0 Å². The van der Waals surface area contributed by atoms with Crippen molar-refractivity contribution in [2.45, 2.75) is 38.7 Å². The number of hydrogen-bond acceptors (Lipinski definition) is 2. The van der Waals surface area contributed by atoms with E-state index in [0.717, 1.165) is 12.1 Å². The number of pyridine rings is 1. The van der Waals surface area contributed by atoms with Crippen molar-refractivity contribution in [3.8, 4) is 0 Å². The molecule has 2 unspecified atom stereocenters. The average molecular weight is 197 g/mol. The lowest BCUT2D eigenvalue weighted by Gasteiger charge is -2.19. The molecule has 0 fully saturated rings. The summed E-state index contributed by atoms with van der Waals surface area (Å²) in [4.78, 5) is 3.98. The zero-order valence-corrected chi connectivity index (χ0v) is 8.57. The SMILES string of the molecule is CCC(O)C(CC)c1ccc(F)cn1. The molecule has 3 heteroatoms. The molecular weight excluding hydrogens is 181 g/mol. The summed E-state index contributed by atoms with van der Waals surface area (Å²) in [6, 6.07) is 3.02. The van der Waals surface area contributed by atoms with Crippen molar-refractivity contribution in [1.82, 2.24) is 4.98 Å². The molecule has 0 aliphatic rings. The molecule has 14 heavy (non-hydrogen) atoms. The Morgan fingerprint density at radius 3 is 2.50 bits per heavy atom. The molecule has 78 valence electrons.